The first-order valence-electron chi connectivity index (χ1n) is 4.90. The van der Waals surface area contributed by atoms with Crippen LogP contribution in [0.5, 0.6) is 0 Å². The topological polar surface area (TPSA) is 65.0 Å². The second-order valence-corrected chi connectivity index (χ2v) is 3.66. The number of rotatable bonds is 0. The number of anilines is 1. The van der Waals surface area contributed by atoms with Crippen LogP contribution in [0.3, 0.4) is 0 Å². The molecular formula is C11H14N2O. The van der Waals surface area contributed by atoms with Crippen molar-refractivity contribution in [3.05, 3.63) is 29.3 Å². The molecule has 1 fully saturated rings. The molecule has 3 N–H and O–H groups in total. The number of carbonyl (C=O) groups is 1. The van der Waals surface area contributed by atoms with Crippen molar-refractivity contribution >= 4 is 11.6 Å². The number of nitrogens with one attached hydrogen (secondary N) is 1. The highest BCUT2D eigenvalue weighted by Crippen LogP contribution is 2.23. The standard InChI is InChI=1S/C9H11N.C2H3NO/c10-9-5-4-7-2-1-3-8(7)6-9;4-2-1-3-2/h4-6H,1-3,10H2;1H2,(H,3,4). The number of aryl methyl sites for hydroxylation is 2. The zero-order chi connectivity index (χ0) is 9.97. The largest absolute Gasteiger partial charge is 0.399 e. The fraction of sp³-hybridized carbons (Fsp3) is 0.364. The van der Waals surface area contributed by atoms with Gasteiger partial charge in [0.25, 0.3) is 0 Å². The smallest absolute Gasteiger partial charge is 0.239 e. The minimum atomic E-state index is 0.167. The minimum Gasteiger partial charge on any atom is -0.399 e. The van der Waals surface area contributed by atoms with E-state index in [-0.39, 0.29) is 5.91 Å². The van der Waals surface area contributed by atoms with Gasteiger partial charge >= 0.3 is 0 Å². The van der Waals surface area contributed by atoms with Gasteiger partial charge in [-0.1, -0.05) is 6.07 Å². The molecule has 3 heteroatoms. The van der Waals surface area contributed by atoms with Crippen molar-refractivity contribution in [2.75, 3.05) is 12.3 Å². The van der Waals surface area contributed by atoms with Crippen LogP contribution in [-0.4, -0.2) is 12.5 Å². The van der Waals surface area contributed by atoms with Gasteiger partial charge in [0.2, 0.25) is 5.91 Å². The van der Waals surface area contributed by atoms with E-state index in [2.05, 4.69) is 17.4 Å². The van der Waals surface area contributed by atoms with Crippen molar-refractivity contribution in [1.82, 2.24) is 5.32 Å². The van der Waals surface area contributed by atoms with Gasteiger partial charge in [-0.25, -0.2) is 0 Å². The Kier molecular flexibility index (Phi) is 2.39. The van der Waals surface area contributed by atoms with E-state index in [4.69, 9.17) is 5.73 Å². The highest BCUT2D eigenvalue weighted by Gasteiger charge is 2.10. The molecule has 1 aromatic rings. The summed E-state index contributed by atoms with van der Waals surface area (Å²) in [6.45, 7) is 0.597. The first kappa shape index (κ1) is 9.06. The summed E-state index contributed by atoms with van der Waals surface area (Å²) in [4.78, 5) is 9.44. The van der Waals surface area contributed by atoms with E-state index in [9.17, 15) is 4.79 Å². The van der Waals surface area contributed by atoms with E-state index in [0.717, 1.165) is 5.69 Å². The number of carbonyl (C=O) groups excluding carboxylic acids is 1. The number of nitrogens with two attached hydrogens (primary N) is 1. The predicted octanol–water partition coefficient (Wildman–Crippen LogP) is 0.874. The molecule has 0 unspecified atom stereocenters. The summed E-state index contributed by atoms with van der Waals surface area (Å²) >= 11 is 0. The summed E-state index contributed by atoms with van der Waals surface area (Å²) in [6.07, 6.45) is 3.77. The Balaban J connectivity index is 0.000000157. The van der Waals surface area contributed by atoms with E-state index in [1.165, 1.54) is 30.4 Å². The number of benzene rings is 1. The molecule has 1 aliphatic heterocycles. The fourth-order valence-electron chi connectivity index (χ4n) is 1.63. The molecule has 0 spiro atoms. The summed E-state index contributed by atoms with van der Waals surface area (Å²) in [6, 6.07) is 6.24. The number of amides is 1. The molecule has 3 nitrogen and oxygen atoms in total. The highest BCUT2D eigenvalue weighted by molar-refractivity contribution is 5.91. The summed E-state index contributed by atoms with van der Waals surface area (Å²) in [5.41, 5.74) is 9.49. The Bertz CT molecular complexity index is 354. The summed E-state index contributed by atoms with van der Waals surface area (Å²) in [5, 5.41) is 2.46. The molecule has 0 atom stereocenters. The van der Waals surface area contributed by atoms with Gasteiger partial charge in [0.1, 0.15) is 0 Å². The van der Waals surface area contributed by atoms with Crippen LogP contribution in [0.15, 0.2) is 18.2 Å². The molecule has 3 rings (SSSR count). The lowest BCUT2D eigenvalue weighted by Gasteiger charge is -1.98. The van der Waals surface area contributed by atoms with Crippen LogP contribution in [-0.2, 0) is 17.6 Å². The Morgan fingerprint density at radius 3 is 2.50 bits per heavy atom. The van der Waals surface area contributed by atoms with Gasteiger partial charge in [-0.15, -0.1) is 0 Å². The van der Waals surface area contributed by atoms with Crippen LogP contribution in [0.1, 0.15) is 17.5 Å². The van der Waals surface area contributed by atoms with E-state index in [1.807, 2.05) is 6.07 Å². The minimum absolute atomic E-state index is 0.167. The van der Waals surface area contributed by atoms with Crippen LogP contribution in [0.4, 0.5) is 5.69 Å². The Morgan fingerprint density at radius 1 is 1.21 bits per heavy atom. The molecule has 0 saturated carbocycles. The van der Waals surface area contributed by atoms with Gasteiger partial charge in [-0.3, -0.25) is 4.79 Å². The number of nitrogen functional groups attached to an aromatic ring is 1. The molecule has 1 amide bonds. The molecule has 1 aromatic carbocycles. The van der Waals surface area contributed by atoms with Crippen LogP contribution >= 0.6 is 0 Å². The molecule has 2 aliphatic rings. The van der Waals surface area contributed by atoms with Gasteiger partial charge in [0.15, 0.2) is 0 Å². The van der Waals surface area contributed by atoms with E-state index in [0.29, 0.717) is 6.54 Å². The van der Waals surface area contributed by atoms with Crippen molar-refractivity contribution in [2.45, 2.75) is 19.3 Å². The lowest BCUT2D eigenvalue weighted by atomic mass is 10.1. The summed E-state index contributed by atoms with van der Waals surface area (Å²) in [7, 11) is 0. The third kappa shape index (κ3) is 2.25. The molecule has 14 heavy (non-hydrogen) atoms. The van der Waals surface area contributed by atoms with Crippen LogP contribution in [0.2, 0.25) is 0 Å². The lowest BCUT2D eigenvalue weighted by Crippen LogP contribution is -1.87. The van der Waals surface area contributed by atoms with E-state index >= 15 is 0 Å². The molecular weight excluding hydrogens is 176 g/mol. The Morgan fingerprint density at radius 2 is 1.86 bits per heavy atom. The summed E-state index contributed by atoms with van der Waals surface area (Å²) in [5.74, 6) is 0.167. The number of hydrogen-bond donors (Lipinski definition) is 2. The quantitative estimate of drug-likeness (QED) is 0.471. The molecule has 0 bridgehead atoms. The van der Waals surface area contributed by atoms with Crippen LogP contribution in [0, 0.1) is 0 Å². The first-order valence-corrected chi connectivity index (χ1v) is 4.90. The Hall–Kier alpha value is -1.51. The van der Waals surface area contributed by atoms with Gasteiger partial charge in [0.05, 0.1) is 6.54 Å². The average molecular weight is 190 g/mol. The highest BCUT2D eigenvalue weighted by atomic mass is 16.2. The summed E-state index contributed by atoms with van der Waals surface area (Å²) < 4.78 is 0. The monoisotopic (exact) mass is 190 g/mol. The third-order valence-corrected chi connectivity index (χ3v) is 2.44. The van der Waals surface area contributed by atoms with Gasteiger partial charge in [-0.05, 0) is 42.5 Å². The fourth-order valence-corrected chi connectivity index (χ4v) is 1.63. The van der Waals surface area contributed by atoms with Crippen molar-refractivity contribution in [1.29, 1.82) is 0 Å². The van der Waals surface area contributed by atoms with Crippen LogP contribution < -0.4 is 11.1 Å². The number of fused-ring (bicyclic) bond motifs is 1. The predicted molar refractivity (Wildman–Crippen MR) is 55.9 cm³/mol. The van der Waals surface area contributed by atoms with E-state index in [1.54, 1.807) is 0 Å². The third-order valence-electron chi connectivity index (χ3n) is 2.44. The zero-order valence-corrected chi connectivity index (χ0v) is 8.05. The van der Waals surface area contributed by atoms with Crippen LogP contribution in [0.25, 0.3) is 0 Å². The molecule has 1 saturated heterocycles. The van der Waals surface area contributed by atoms with Crippen molar-refractivity contribution < 1.29 is 4.79 Å². The van der Waals surface area contributed by atoms with Crippen molar-refractivity contribution in [2.24, 2.45) is 0 Å². The Labute approximate surface area is 83.3 Å². The molecule has 1 heterocycles. The van der Waals surface area contributed by atoms with Crippen molar-refractivity contribution in [3.8, 4) is 0 Å². The van der Waals surface area contributed by atoms with Gasteiger partial charge in [-0.2, -0.15) is 0 Å². The average Bonchev–Trinajstić information content (AvgIpc) is 2.82. The number of hydrogen-bond acceptors (Lipinski definition) is 2. The normalized spacial score (nSPS) is 16.4. The van der Waals surface area contributed by atoms with E-state index < -0.39 is 0 Å². The van der Waals surface area contributed by atoms with Crippen molar-refractivity contribution in [3.63, 3.8) is 0 Å². The first-order chi connectivity index (χ1) is 6.75. The molecule has 0 radical (unpaired) electrons. The molecule has 74 valence electrons. The zero-order valence-electron chi connectivity index (χ0n) is 8.05. The SMILES string of the molecule is Nc1ccc2c(c1)CCC2.O=C1CN1. The van der Waals surface area contributed by atoms with Gasteiger partial charge < -0.3 is 11.1 Å². The maximum atomic E-state index is 9.44. The second kappa shape index (κ2) is 3.70. The lowest BCUT2D eigenvalue weighted by molar-refractivity contribution is -0.110. The maximum absolute atomic E-state index is 9.44. The maximum Gasteiger partial charge on any atom is 0.239 e. The van der Waals surface area contributed by atoms with Gasteiger partial charge in [0, 0.05) is 5.69 Å². The molecule has 1 aliphatic carbocycles. The second-order valence-electron chi connectivity index (χ2n) is 3.66. The molecule has 0 aromatic heterocycles.